The van der Waals surface area contributed by atoms with Gasteiger partial charge in [-0.2, -0.15) is 11.8 Å². The largest absolute Gasteiger partial charge is 0.370 e. The fraction of sp³-hybridized carbons (Fsp3) is 0.587. The van der Waals surface area contributed by atoms with E-state index in [1.165, 1.54) is 21.6 Å². The third-order valence-electron chi connectivity index (χ3n) is 16.0. The molecule has 31 nitrogen and oxygen atoms in total. The number of hydrogen-bond donors (Lipinski definition) is 15. The summed E-state index contributed by atoms with van der Waals surface area (Å²) >= 11 is 1.45. The SMILES string of the molecule is CSCC[C@H](NC(=O)[C@@H](CC(C)C)NC(=O)CNC(=O)[C@H](Cc1ccccc1)NC(=O)[C@H](Cc1ccccc1)NC(=O)[C@H](CCC(N)=O)NC(=O)[C@H](CCC(N)=O)NC(=O)[C@H]1CCCN1C(=O)[C@@H](CCCCN)NC(=O)[C@H]1CCCN1C(=O)[C@H](N)CCCN=C(N)N)C(N)=O. The molecule has 2 aliphatic heterocycles. The van der Waals surface area contributed by atoms with E-state index < -0.39 is 169 Å². The summed E-state index contributed by atoms with van der Waals surface area (Å²) in [6.45, 7) is 3.86. The lowest BCUT2D eigenvalue weighted by Gasteiger charge is -2.32. The third kappa shape index (κ3) is 27.5. The first-order chi connectivity index (χ1) is 45.2. The summed E-state index contributed by atoms with van der Waals surface area (Å²) in [5.74, 6) is -9.80. The molecule has 13 amide bonds. The molecule has 0 unspecified atom stereocenters. The van der Waals surface area contributed by atoms with Gasteiger partial charge in [0.1, 0.15) is 54.4 Å². The van der Waals surface area contributed by atoms with Crippen LogP contribution in [0.1, 0.15) is 121 Å². The van der Waals surface area contributed by atoms with Gasteiger partial charge < -0.3 is 92.5 Å². The number of aliphatic imine (C=N–C) groups is 1. The van der Waals surface area contributed by atoms with Crippen LogP contribution in [0.2, 0.25) is 0 Å². The number of rotatable bonds is 42. The van der Waals surface area contributed by atoms with Crippen molar-refractivity contribution in [2.75, 3.05) is 44.7 Å². The van der Waals surface area contributed by atoms with Crippen LogP contribution in [0.3, 0.4) is 0 Å². The first-order valence-corrected chi connectivity index (χ1v) is 33.6. The molecule has 2 aliphatic rings. The highest BCUT2D eigenvalue weighted by Gasteiger charge is 2.42. The number of nitrogens with zero attached hydrogens (tertiary/aromatic N) is 3. The van der Waals surface area contributed by atoms with Gasteiger partial charge in [0.15, 0.2) is 5.96 Å². The summed E-state index contributed by atoms with van der Waals surface area (Å²) in [5.41, 5.74) is 40.6. The molecule has 2 heterocycles. The van der Waals surface area contributed by atoms with Gasteiger partial charge in [0.2, 0.25) is 76.8 Å². The van der Waals surface area contributed by atoms with Crippen molar-refractivity contribution in [3.05, 3.63) is 71.8 Å². The van der Waals surface area contributed by atoms with E-state index in [9.17, 15) is 62.3 Å². The third-order valence-corrected chi connectivity index (χ3v) is 16.7. The maximum absolute atomic E-state index is 14.7. The molecule has 0 aliphatic carbocycles. The van der Waals surface area contributed by atoms with E-state index in [1.807, 2.05) is 20.1 Å². The number of benzene rings is 2. The molecule has 32 heteroatoms. The Balaban J connectivity index is 1.56. The van der Waals surface area contributed by atoms with Crippen molar-refractivity contribution in [1.82, 2.24) is 52.3 Å². The average molecular weight is 1350 g/mol. The average Bonchev–Trinajstić information content (AvgIpc) is 1.74. The number of unbranched alkanes of at least 4 members (excludes halogenated alkanes) is 1. The van der Waals surface area contributed by atoms with Crippen molar-refractivity contribution >= 4 is 94.5 Å². The van der Waals surface area contributed by atoms with Gasteiger partial charge in [-0.3, -0.25) is 67.3 Å². The Morgan fingerprint density at radius 1 is 0.537 bits per heavy atom. The predicted octanol–water partition coefficient (Wildman–Crippen LogP) is -3.71. The quantitative estimate of drug-likeness (QED) is 0.0173. The van der Waals surface area contributed by atoms with Crippen molar-refractivity contribution in [2.24, 2.45) is 51.0 Å². The number of amides is 13. The molecule has 2 aromatic rings. The van der Waals surface area contributed by atoms with Crippen LogP contribution in [0.4, 0.5) is 0 Å². The first-order valence-electron chi connectivity index (χ1n) is 32.2. The molecule has 0 saturated carbocycles. The maximum atomic E-state index is 14.7. The highest BCUT2D eigenvalue weighted by atomic mass is 32.2. The zero-order valence-corrected chi connectivity index (χ0v) is 55.3. The summed E-state index contributed by atoms with van der Waals surface area (Å²) in [7, 11) is 0. The Bertz CT molecular complexity index is 2960. The molecular formula is C63H98N18O13S. The standard InChI is InChI=1S/C63H98N18O13S/c1-37(2)33-45(57(89)74-41(53(68)85)27-32-95-3)73-52(84)36-72-54(86)46(34-38-15-6-4-7-16-38)78-58(90)47(35-39-17-8-5-9-18-39)79-56(88)42(23-25-50(66)82)75-55(87)43(24-26-51(67)83)76-59(91)49-22-14-31-81(49)62(94)44(20-10-11-28-64)77-60(92)48-21-13-30-80(48)61(93)40(65)19-12-29-71-63(69)70/h4-9,15-18,37,40-49H,10-14,19-36,64-65H2,1-3H3,(H2,66,82)(H2,67,83)(H2,68,85)(H,72,86)(H,73,84)(H,74,89)(H,75,87)(H,76,91)(H,77,92)(H,78,90)(H,79,88)(H4,69,70,71)/t40-,41+,42+,43+,44-,45-,46+,47+,48-,49-/m1/s1. The van der Waals surface area contributed by atoms with Gasteiger partial charge in [-0.1, -0.05) is 74.5 Å². The molecule has 22 N–H and O–H groups in total. The van der Waals surface area contributed by atoms with Crippen molar-refractivity contribution in [3.8, 4) is 0 Å². The second-order valence-electron chi connectivity index (χ2n) is 24.1. The predicted molar refractivity (Wildman–Crippen MR) is 356 cm³/mol. The Morgan fingerprint density at radius 2 is 1.01 bits per heavy atom. The van der Waals surface area contributed by atoms with E-state index >= 15 is 0 Å². The van der Waals surface area contributed by atoms with Gasteiger partial charge in [-0.05, 0) is 119 Å². The smallest absolute Gasteiger partial charge is 0.245 e. The molecule has 4 rings (SSSR count). The van der Waals surface area contributed by atoms with Crippen molar-refractivity contribution in [2.45, 2.75) is 183 Å². The van der Waals surface area contributed by atoms with Crippen LogP contribution in [0.25, 0.3) is 0 Å². The van der Waals surface area contributed by atoms with Crippen molar-refractivity contribution < 1.29 is 62.3 Å². The fourth-order valence-electron chi connectivity index (χ4n) is 11.0. The van der Waals surface area contributed by atoms with Gasteiger partial charge in [0.25, 0.3) is 0 Å². The molecule has 2 aromatic carbocycles. The van der Waals surface area contributed by atoms with E-state index in [0.29, 0.717) is 55.4 Å². The lowest BCUT2D eigenvalue weighted by Crippen LogP contribution is -2.60. The topological polar surface area (TPSA) is 519 Å². The van der Waals surface area contributed by atoms with Crippen LogP contribution in [-0.2, 0) is 75.2 Å². The Morgan fingerprint density at radius 3 is 1.51 bits per heavy atom. The number of likely N-dealkylation sites (tertiary alicyclic amines) is 2. The summed E-state index contributed by atoms with van der Waals surface area (Å²) in [6.07, 6.45) is 3.12. The van der Waals surface area contributed by atoms with Gasteiger partial charge in [0, 0.05) is 45.3 Å². The number of hydrogen-bond acceptors (Lipinski definition) is 17. The minimum Gasteiger partial charge on any atom is -0.370 e. The molecule has 524 valence electrons. The lowest BCUT2D eigenvalue weighted by atomic mass is 10.0. The van der Waals surface area contributed by atoms with Gasteiger partial charge in [-0.15, -0.1) is 0 Å². The molecular weight excluding hydrogens is 1250 g/mol. The van der Waals surface area contributed by atoms with E-state index in [1.54, 1.807) is 60.7 Å². The molecule has 0 aromatic heterocycles. The Labute approximate surface area is 558 Å². The maximum Gasteiger partial charge on any atom is 0.245 e. The highest BCUT2D eigenvalue weighted by molar-refractivity contribution is 7.98. The number of primary amides is 3. The Kier molecular flexibility index (Phi) is 33.9. The van der Waals surface area contributed by atoms with Gasteiger partial charge in [0.05, 0.1) is 12.6 Å². The molecule has 2 saturated heterocycles. The molecule has 95 heavy (non-hydrogen) atoms. The van der Waals surface area contributed by atoms with E-state index in [2.05, 4.69) is 47.5 Å². The zero-order chi connectivity index (χ0) is 70.1. The fourth-order valence-corrected chi connectivity index (χ4v) is 11.5. The van der Waals surface area contributed by atoms with Crippen LogP contribution < -0.4 is 82.7 Å². The normalized spacial score (nSPS) is 16.8. The van der Waals surface area contributed by atoms with Crippen LogP contribution in [0, 0.1) is 5.92 Å². The van der Waals surface area contributed by atoms with E-state index in [4.69, 9.17) is 40.1 Å². The second kappa shape index (κ2) is 41.0. The first kappa shape index (κ1) is 78.5. The van der Waals surface area contributed by atoms with Crippen LogP contribution in [0.5, 0.6) is 0 Å². The monoisotopic (exact) mass is 1350 g/mol. The lowest BCUT2D eigenvalue weighted by molar-refractivity contribution is -0.144. The number of carbonyl (C=O) groups is 13. The van der Waals surface area contributed by atoms with Gasteiger partial charge in [-0.25, -0.2) is 0 Å². The van der Waals surface area contributed by atoms with Crippen molar-refractivity contribution in [1.29, 1.82) is 0 Å². The summed E-state index contributed by atoms with van der Waals surface area (Å²) < 4.78 is 0. The molecule has 2 fully saturated rings. The van der Waals surface area contributed by atoms with Crippen molar-refractivity contribution in [3.63, 3.8) is 0 Å². The van der Waals surface area contributed by atoms with Gasteiger partial charge >= 0.3 is 0 Å². The number of nitrogens with two attached hydrogens (primary N) is 7. The molecule has 0 spiro atoms. The molecule has 0 bridgehead atoms. The van der Waals surface area contributed by atoms with E-state index in [0.717, 1.165) is 0 Å². The van der Waals surface area contributed by atoms with Crippen LogP contribution in [0.15, 0.2) is 65.7 Å². The number of nitrogens with one attached hydrogen (secondary N) is 8. The second-order valence-corrected chi connectivity index (χ2v) is 25.1. The molecule has 10 atom stereocenters. The summed E-state index contributed by atoms with van der Waals surface area (Å²) in [4.78, 5) is 185. The number of carbonyl (C=O) groups excluding carboxylic acids is 13. The molecule has 0 radical (unpaired) electrons. The van der Waals surface area contributed by atoms with E-state index in [-0.39, 0.29) is 83.0 Å². The van der Waals surface area contributed by atoms with Crippen LogP contribution in [-0.4, -0.2) is 198 Å². The number of thioether (sulfide) groups is 1. The number of guanidine groups is 1. The summed E-state index contributed by atoms with van der Waals surface area (Å²) in [5, 5.41) is 21.1. The minimum atomic E-state index is -1.64. The van der Waals surface area contributed by atoms with Crippen LogP contribution >= 0.6 is 11.8 Å². The highest BCUT2D eigenvalue weighted by Crippen LogP contribution is 2.24. The zero-order valence-electron chi connectivity index (χ0n) is 54.5. The summed E-state index contributed by atoms with van der Waals surface area (Å²) in [6, 6.07) is 4.51. The Hall–Kier alpha value is -8.91. The minimum absolute atomic E-state index is 0.0736.